The number of pyridine rings is 1. The van der Waals surface area contributed by atoms with Gasteiger partial charge in [0, 0.05) is 25.5 Å². The third kappa shape index (κ3) is 4.29. The topological polar surface area (TPSA) is 45.1 Å². The quantitative estimate of drug-likeness (QED) is 0.888. The van der Waals surface area contributed by atoms with Gasteiger partial charge in [0.05, 0.1) is 5.60 Å². The monoisotopic (exact) mass is 276 g/mol. The highest BCUT2D eigenvalue weighted by Crippen LogP contribution is 2.41. The number of nitrogens with zero attached hydrogens (tertiary/aromatic N) is 1. The fourth-order valence-corrected chi connectivity index (χ4v) is 3.14. The Morgan fingerprint density at radius 2 is 1.85 bits per heavy atom. The van der Waals surface area contributed by atoms with Crippen molar-refractivity contribution in [3.8, 4) is 0 Å². The second-order valence-corrected chi connectivity index (χ2v) is 7.32. The summed E-state index contributed by atoms with van der Waals surface area (Å²) in [5.74, 6) is 0.739. The lowest BCUT2D eigenvalue weighted by Crippen LogP contribution is -2.44. The number of hydrogen-bond donors (Lipinski definition) is 2. The smallest absolute Gasteiger partial charge is 0.0771 e. The normalized spacial score (nSPS) is 27.5. The molecule has 20 heavy (non-hydrogen) atoms. The van der Waals surface area contributed by atoms with Crippen LogP contribution in [0.15, 0.2) is 24.5 Å². The summed E-state index contributed by atoms with van der Waals surface area (Å²) in [7, 11) is 0. The average Bonchev–Trinajstić information content (AvgIpc) is 2.39. The average molecular weight is 276 g/mol. The van der Waals surface area contributed by atoms with Gasteiger partial charge in [-0.15, -0.1) is 0 Å². The highest BCUT2D eigenvalue weighted by molar-refractivity contribution is 5.09. The van der Waals surface area contributed by atoms with E-state index in [4.69, 9.17) is 0 Å². The zero-order valence-corrected chi connectivity index (χ0v) is 13.0. The number of nitrogens with one attached hydrogen (secondary N) is 1. The molecule has 1 aliphatic rings. The maximum atomic E-state index is 10.7. The van der Waals surface area contributed by atoms with Crippen molar-refractivity contribution >= 4 is 0 Å². The molecule has 3 nitrogen and oxygen atoms in total. The molecule has 0 bridgehead atoms. The van der Waals surface area contributed by atoms with Gasteiger partial charge in [-0.3, -0.25) is 4.98 Å². The van der Waals surface area contributed by atoms with E-state index in [9.17, 15) is 5.11 Å². The third-order valence-corrected chi connectivity index (χ3v) is 4.67. The van der Waals surface area contributed by atoms with Crippen LogP contribution in [-0.4, -0.2) is 22.2 Å². The lowest BCUT2D eigenvalue weighted by atomic mass is 9.68. The van der Waals surface area contributed by atoms with Crippen molar-refractivity contribution in [1.82, 2.24) is 10.3 Å². The summed E-state index contributed by atoms with van der Waals surface area (Å²) in [6.45, 7) is 8.41. The molecule has 1 fully saturated rings. The van der Waals surface area contributed by atoms with Gasteiger partial charge < -0.3 is 10.4 Å². The van der Waals surface area contributed by atoms with Gasteiger partial charge >= 0.3 is 0 Å². The van der Waals surface area contributed by atoms with Gasteiger partial charge in [-0.1, -0.05) is 20.8 Å². The fraction of sp³-hybridized carbons (Fsp3) is 0.706. The predicted octanol–water partition coefficient (Wildman–Crippen LogP) is 3.14. The lowest BCUT2D eigenvalue weighted by Gasteiger charge is -2.41. The minimum atomic E-state index is -0.519. The summed E-state index contributed by atoms with van der Waals surface area (Å²) in [6.07, 6.45) is 7.71. The molecular formula is C17H28N2O. The van der Waals surface area contributed by atoms with Gasteiger partial charge in [0.2, 0.25) is 0 Å². The van der Waals surface area contributed by atoms with Crippen LogP contribution in [0.5, 0.6) is 0 Å². The molecule has 0 saturated heterocycles. The van der Waals surface area contributed by atoms with E-state index in [1.807, 2.05) is 12.1 Å². The van der Waals surface area contributed by atoms with Crippen LogP contribution in [0.4, 0.5) is 0 Å². The highest BCUT2D eigenvalue weighted by atomic mass is 16.3. The molecule has 0 radical (unpaired) electrons. The first-order valence-electron chi connectivity index (χ1n) is 7.71. The van der Waals surface area contributed by atoms with Crippen molar-refractivity contribution in [3.05, 3.63) is 30.1 Å². The molecule has 0 atom stereocenters. The van der Waals surface area contributed by atoms with Crippen LogP contribution in [0.25, 0.3) is 0 Å². The molecule has 1 saturated carbocycles. The molecule has 0 spiro atoms. The Labute approximate surface area is 122 Å². The Balaban J connectivity index is 1.76. The molecule has 1 heterocycles. The Kier molecular flexibility index (Phi) is 4.82. The minimum absolute atomic E-state index is 0.367. The number of rotatable bonds is 4. The van der Waals surface area contributed by atoms with Crippen LogP contribution < -0.4 is 5.32 Å². The van der Waals surface area contributed by atoms with E-state index in [0.717, 1.165) is 38.1 Å². The molecule has 0 aromatic carbocycles. The fourth-order valence-electron chi connectivity index (χ4n) is 3.14. The van der Waals surface area contributed by atoms with Crippen molar-refractivity contribution in [2.45, 2.75) is 58.6 Å². The van der Waals surface area contributed by atoms with E-state index in [2.05, 4.69) is 31.1 Å². The summed E-state index contributed by atoms with van der Waals surface area (Å²) in [5.41, 5.74) is 1.06. The number of aromatic nitrogens is 1. The summed E-state index contributed by atoms with van der Waals surface area (Å²) in [6, 6.07) is 4.01. The van der Waals surface area contributed by atoms with Crippen LogP contribution in [0.1, 0.15) is 52.0 Å². The van der Waals surface area contributed by atoms with Crippen LogP contribution in [0, 0.1) is 11.3 Å². The van der Waals surface area contributed by atoms with Crippen molar-refractivity contribution in [2.75, 3.05) is 6.54 Å². The van der Waals surface area contributed by atoms with Gasteiger partial charge in [0.25, 0.3) is 0 Å². The van der Waals surface area contributed by atoms with Crippen LogP contribution in [0.3, 0.4) is 0 Å². The molecule has 1 aliphatic carbocycles. The van der Waals surface area contributed by atoms with E-state index in [1.54, 1.807) is 12.4 Å². The van der Waals surface area contributed by atoms with Gasteiger partial charge in [-0.05, 0) is 54.7 Å². The van der Waals surface area contributed by atoms with Gasteiger partial charge in [-0.2, -0.15) is 0 Å². The standard InChI is InChI=1S/C17H28N2O/c1-16(2,3)15-4-8-17(20,9-5-15)13-19-12-14-6-10-18-11-7-14/h6-7,10-11,15,19-20H,4-5,8-9,12-13H2,1-3H3. The van der Waals surface area contributed by atoms with E-state index >= 15 is 0 Å². The molecule has 1 aromatic rings. The van der Waals surface area contributed by atoms with Crippen LogP contribution >= 0.6 is 0 Å². The molecule has 2 rings (SSSR count). The summed E-state index contributed by atoms with van der Waals surface area (Å²) >= 11 is 0. The zero-order valence-electron chi connectivity index (χ0n) is 13.0. The molecular weight excluding hydrogens is 248 g/mol. The van der Waals surface area contributed by atoms with Crippen molar-refractivity contribution in [2.24, 2.45) is 11.3 Å². The number of hydrogen-bond acceptors (Lipinski definition) is 3. The molecule has 0 amide bonds. The first-order valence-corrected chi connectivity index (χ1v) is 7.71. The summed E-state index contributed by atoms with van der Waals surface area (Å²) in [4.78, 5) is 4.01. The Morgan fingerprint density at radius 3 is 2.40 bits per heavy atom. The van der Waals surface area contributed by atoms with Crippen LogP contribution in [-0.2, 0) is 6.54 Å². The van der Waals surface area contributed by atoms with Crippen molar-refractivity contribution in [3.63, 3.8) is 0 Å². The first-order chi connectivity index (χ1) is 9.39. The molecule has 3 heteroatoms. The Hall–Kier alpha value is -0.930. The second kappa shape index (κ2) is 6.23. The zero-order chi connectivity index (χ0) is 14.6. The van der Waals surface area contributed by atoms with E-state index < -0.39 is 5.60 Å². The Morgan fingerprint density at radius 1 is 1.25 bits per heavy atom. The van der Waals surface area contributed by atoms with Crippen LogP contribution in [0.2, 0.25) is 0 Å². The van der Waals surface area contributed by atoms with Gasteiger partial charge in [0.15, 0.2) is 0 Å². The van der Waals surface area contributed by atoms with E-state index in [0.29, 0.717) is 12.0 Å². The largest absolute Gasteiger partial charge is 0.389 e. The summed E-state index contributed by atoms with van der Waals surface area (Å²) in [5, 5.41) is 14.0. The lowest BCUT2D eigenvalue weighted by molar-refractivity contribution is -0.0239. The Bertz CT molecular complexity index is 403. The second-order valence-electron chi connectivity index (χ2n) is 7.32. The molecule has 1 aromatic heterocycles. The maximum Gasteiger partial charge on any atom is 0.0771 e. The number of aliphatic hydroxyl groups is 1. The predicted molar refractivity (Wildman–Crippen MR) is 82.3 cm³/mol. The third-order valence-electron chi connectivity index (χ3n) is 4.67. The maximum absolute atomic E-state index is 10.7. The highest BCUT2D eigenvalue weighted by Gasteiger charge is 2.36. The molecule has 2 N–H and O–H groups in total. The molecule has 112 valence electrons. The van der Waals surface area contributed by atoms with Crippen molar-refractivity contribution in [1.29, 1.82) is 0 Å². The molecule has 0 aliphatic heterocycles. The molecule has 0 unspecified atom stereocenters. The van der Waals surface area contributed by atoms with Gasteiger partial charge in [0.1, 0.15) is 0 Å². The summed E-state index contributed by atoms with van der Waals surface area (Å²) < 4.78 is 0. The first kappa shape index (κ1) is 15.5. The SMILES string of the molecule is CC(C)(C)C1CCC(O)(CNCc2ccncc2)CC1. The van der Waals surface area contributed by atoms with E-state index in [1.165, 1.54) is 5.56 Å². The minimum Gasteiger partial charge on any atom is -0.389 e. The van der Waals surface area contributed by atoms with Gasteiger partial charge in [-0.25, -0.2) is 0 Å². The van der Waals surface area contributed by atoms with Crippen molar-refractivity contribution < 1.29 is 5.11 Å². The van der Waals surface area contributed by atoms with E-state index in [-0.39, 0.29) is 0 Å².